The minimum absolute atomic E-state index is 0.108. The van der Waals surface area contributed by atoms with E-state index in [-0.39, 0.29) is 23.9 Å². The first-order valence-corrected chi connectivity index (χ1v) is 12.6. The molecule has 0 aromatic rings. The zero-order chi connectivity index (χ0) is 19.0. The van der Waals surface area contributed by atoms with Gasteiger partial charge in [0.2, 0.25) is 11.8 Å². The molecular formula is C20H36Br2N2O2. The van der Waals surface area contributed by atoms with Crippen molar-refractivity contribution < 1.29 is 9.59 Å². The fraction of sp³-hybridized carbons (Fsp3) is 0.900. The summed E-state index contributed by atoms with van der Waals surface area (Å²) >= 11 is 6.87. The molecule has 0 saturated heterocycles. The van der Waals surface area contributed by atoms with E-state index >= 15 is 0 Å². The largest absolute Gasteiger partial charge is 0.351 e. The average Bonchev–Trinajstić information content (AvgIpc) is 2.63. The van der Waals surface area contributed by atoms with Crippen LogP contribution in [0, 0.1) is 0 Å². The number of halogens is 2. The molecule has 0 bridgehead atoms. The van der Waals surface area contributed by atoms with E-state index in [4.69, 9.17) is 0 Å². The van der Waals surface area contributed by atoms with Crippen molar-refractivity contribution >= 4 is 43.7 Å². The van der Waals surface area contributed by atoms with Crippen molar-refractivity contribution in [1.29, 1.82) is 0 Å². The molecule has 152 valence electrons. The number of nitrogens with one attached hydrogen (secondary N) is 2. The molecule has 0 aromatic carbocycles. The highest BCUT2D eigenvalue weighted by molar-refractivity contribution is 9.09. The molecule has 1 aliphatic carbocycles. The van der Waals surface area contributed by atoms with Gasteiger partial charge in [0.25, 0.3) is 0 Å². The topological polar surface area (TPSA) is 58.2 Å². The summed E-state index contributed by atoms with van der Waals surface area (Å²) in [6, 6.07) is 0.215. The van der Waals surface area contributed by atoms with E-state index in [2.05, 4.69) is 42.5 Å². The Kier molecular flexibility index (Phi) is 14.6. The molecule has 0 spiro atoms. The van der Waals surface area contributed by atoms with Gasteiger partial charge in [0.05, 0.1) is 0 Å². The normalized spacial score (nSPS) is 19.9. The number of hydrogen-bond acceptors (Lipinski definition) is 2. The van der Waals surface area contributed by atoms with Gasteiger partial charge in [-0.15, -0.1) is 0 Å². The van der Waals surface area contributed by atoms with Gasteiger partial charge < -0.3 is 10.6 Å². The summed E-state index contributed by atoms with van der Waals surface area (Å²) in [6.45, 7) is 0. The van der Waals surface area contributed by atoms with Crippen LogP contribution in [-0.4, -0.2) is 34.6 Å². The van der Waals surface area contributed by atoms with E-state index in [1.807, 2.05) is 0 Å². The second-order valence-corrected chi connectivity index (χ2v) is 8.92. The van der Waals surface area contributed by atoms with Crippen LogP contribution in [0.4, 0.5) is 0 Å². The first kappa shape index (κ1) is 23.9. The maximum Gasteiger partial charge on any atom is 0.220 e. The lowest BCUT2D eigenvalue weighted by Crippen LogP contribution is -2.53. The molecule has 26 heavy (non-hydrogen) atoms. The Morgan fingerprint density at radius 3 is 1.42 bits per heavy atom. The zero-order valence-corrected chi connectivity index (χ0v) is 19.2. The van der Waals surface area contributed by atoms with Crippen LogP contribution in [0.3, 0.4) is 0 Å². The molecule has 0 unspecified atom stereocenters. The summed E-state index contributed by atoms with van der Waals surface area (Å²) in [6.07, 6.45) is 14.3. The van der Waals surface area contributed by atoms with Gasteiger partial charge in [0, 0.05) is 35.6 Å². The summed E-state index contributed by atoms with van der Waals surface area (Å²) in [5.74, 6) is 0.287. The molecule has 6 heteroatoms. The Labute approximate surface area is 176 Å². The third-order valence-corrected chi connectivity index (χ3v) is 6.16. The fourth-order valence-electron chi connectivity index (χ4n) is 3.50. The molecule has 4 nitrogen and oxygen atoms in total. The second kappa shape index (κ2) is 15.9. The van der Waals surface area contributed by atoms with Gasteiger partial charge in [0.1, 0.15) is 0 Å². The molecule has 0 radical (unpaired) electrons. The van der Waals surface area contributed by atoms with E-state index in [0.29, 0.717) is 12.8 Å². The van der Waals surface area contributed by atoms with Crippen molar-refractivity contribution in [1.82, 2.24) is 10.6 Å². The van der Waals surface area contributed by atoms with E-state index in [1.165, 1.54) is 25.7 Å². The summed E-state index contributed by atoms with van der Waals surface area (Å²) in [7, 11) is 0. The molecule has 1 fully saturated rings. The van der Waals surface area contributed by atoms with E-state index in [1.54, 1.807) is 0 Å². The quantitative estimate of drug-likeness (QED) is 0.256. The van der Waals surface area contributed by atoms with Gasteiger partial charge in [0.15, 0.2) is 0 Å². The number of amides is 2. The number of hydrogen-bond donors (Lipinski definition) is 2. The third kappa shape index (κ3) is 11.6. The SMILES string of the molecule is O=C(CCCCCCBr)N[C@@H]1CCCC[C@H]1NC(=O)CCCCCCBr. The molecule has 2 atom stereocenters. The van der Waals surface area contributed by atoms with Gasteiger partial charge in [-0.3, -0.25) is 9.59 Å². The molecule has 2 N–H and O–H groups in total. The number of unbranched alkanes of at least 4 members (excludes halogenated alkanes) is 6. The Hall–Kier alpha value is -0.100. The Bertz CT molecular complexity index is 358. The van der Waals surface area contributed by atoms with E-state index in [9.17, 15) is 9.59 Å². The van der Waals surface area contributed by atoms with Crippen LogP contribution in [-0.2, 0) is 9.59 Å². The Balaban J connectivity index is 2.25. The minimum Gasteiger partial charge on any atom is -0.351 e. The van der Waals surface area contributed by atoms with Crippen molar-refractivity contribution in [2.24, 2.45) is 0 Å². The number of rotatable bonds is 14. The average molecular weight is 496 g/mol. The molecule has 2 amide bonds. The number of carbonyl (C=O) groups excluding carboxylic acids is 2. The highest BCUT2D eigenvalue weighted by Gasteiger charge is 2.27. The smallest absolute Gasteiger partial charge is 0.220 e. The van der Waals surface area contributed by atoms with Gasteiger partial charge in [-0.25, -0.2) is 0 Å². The van der Waals surface area contributed by atoms with Gasteiger partial charge in [-0.05, 0) is 38.5 Å². The van der Waals surface area contributed by atoms with Crippen molar-refractivity contribution in [2.75, 3.05) is 10.7 Å². The van der Waals surface area contributed by atoms with Gasteiger partial charge in [-0.1, -0.05) is 70.4 Å². The van der Waals surface area contributed by atoms with Gasteiger partial charge >= 0.3 is 0 Å². The lowest BCUT2D eigenvalue weighted by molar-refractivity contribution is -0.125. The Morgan fingerprint density at radius 1 is 0.654 bits per heavy atom. The van der Waals surface area contributed by atoms with Crippen LogP contribution in [0.25, 0.3) is 0 Å². The molecule has 1 saturated carbocycles. The van der Waals surface area contributed by atoms with E-state index in [0.717, 1.165) is 62.0 Å². The highest BCUT2D eigenvalue weighted by Crippen LogP contribution is 2.19. The first-order chi connectivity index (χ1) is 12.7. The fourth-order valence-corrected chi connectivity index (χ4v) is 4.29. The van der Waals surface area contributed by atoms with Crippen LogP contribution < -0.4 is 10.6 Å². The van der Waals surface area contributed by atoms with Gasteiger partial charge in [-0.2, -0.15) is 0 Å². The monoisotopic (exact) mass is 494 g/mol. The first-order valence-electron chi connectivity index (χ1n) is 10.4. The number of alkyl halides is 2. The minimum atomic E-state index is 0.108. The van der Waals surface area contributed by atoms with Crippen molar-refractivity contribution in [3.05, 3.63) is 0 Å². The predicted molar refractivity (Wildman–Crippen MR) is 116 cm³/mol. The van der Waals surface area contributed by atoms with Crippen molar-refractivity contribution in [3.63, 3.8) is 0 Å². The Morgan fingerprint density at radius 2 is 1.04 bits per heavy atom. The number of carbonyl (C=O) groups is 2. The highest BCUT2D eigenvalue weighted by atomic mass is 79.9. The molecular weight excluding hydrogens is 460 g/mol. The van der Waals surface area contributed by atoms with Crippen molar-refractivity contribution in [2.45, 2.75) is 102 Å². The predicted octanol–water partition coefficient (Wildman–Crippen LogP) is 5.22. The lowest BCUT2D eigenvalue weighted by Gasteiger charge is -2.33. The van der Waals surface area contributed by atoms with Crippen LogP contribution in [0.5, 0.6) is 0 Å². The maximum absolute atomic E-state index is 12.2. The molecule has 1 rings (SSSR count). The van der Waals surface area contributed by atoms with Crippen LogP contribution >= 0.6 is 31.9 Å². The third-order valence-electron chi connectivity index (χ3n) is 5.03. The van der Waals surface area contributed by atoms with E-state index < -0.39 is 0 Å². The molecule has 0 heterocycles. The lowest BCUT2D eigenvalue weighted by atomic mass is 9.90. The molecule has 0 aromatic heterocycles. The molecule has 1 aliphatic rings. The maximum atomic E-state index is 12.2. The summed E-state index contributed by atoms with van der Waals surface area (Å²) in [4.78, 5) is 24.4. The zero-order valence-electron chi connectivity index (χ0n) is 16.0. The second-order valence-electron chi connectivity index (χ2n) is 7.34. The standard InChI is InChI=1S/C20H36Br2N2O2/c21-15-9-3-1-5-13-19(25)23-17-11-7-8-12-18(17)24-20(26)14-6-2-4-10-16-22/h17-18H,1-16H2,(H,23,25)(H,24,26)/t17-,18-/m1/s1. The van der Waals surface area contributed by atoms with Crippen LogP contribution in [0.1, 0.15) is 89.9 Å². The van der Waals surface area contributed by atoms with Crippen molar-refractivity contribution in [3.8, 4) is 0 Å². The summed E-state index contributed by atoms with van der Waals surface area (Å²) in [5.41, 5.74) is 0. The summed E-state index contributed by atoms with van der Waals surface area (Å²) in [5, 5.41) is 8.44. The summed E-state index contributed by atoms with van der Waals surface area (Å²) < 4.78 is 0. The van der Waals surface area contributed by atoms with Crippen LogP contribution in [0.2, 0.25) is 0 Å². The molecule has 0 aliphatic heterocycles. The van der Waals surface area contributed by atoms with Crippen LogP contribution in [0.15, 0.2) is 0 Å².